The zero-order valence-electron chi connectivity index (χ0n) is 18.4. The summed E-state index contributed by atoms with van der Waals surface area (Å²) in [6.45, 7) is 5.98. The van der Waals surface area contributed by atoms with E-state index in [2.05, 4.69) is 25.9 Å². The standard InChI is InChI=1S/C24H27N5O3/c1-14-4-5-16(21(30)27-18-7-8-18)11-19(14)15-6-9-20-17(10-15)12-25-22(28-20)29-24(2,3)13-26-23(31)32/h4-6,9-12,18,26H,7-8,13H2,1-3H3,(H,27,30)(H,31,32)(H,25,28,29). The molecular formula is C24H27N5O3. The van der Waals surface area contributed by atoms with Crippen molar-refractivity contribution in [2.45, 2.75) is 45.2 Å². The van der Waals surface area contributed by atoms with E-state index >= 15 is 0 Å². The van der Waals surface area contributed by atoms with Crippen molar-refractivity contribution in [3.63, 3.8) is 0 Å². The van der Waals surface area contributed by atoms with Crippen LogP contribution >= 0.6 is 0 Å². The molecule has 1 aromatic heterocycles. The number of carbonyl (C=O) groups excluding carboxylic acids is 1. The molecule has 0 spiro atoms. The van der Waals surface area contributed by atoms with Gasteiger partial charge in [0.2, 0.25) is 5.95 Å². The maximum absolute atomic E-state index is 12.5. The number of benzene rings is 2. The van der Waals surface area contributed by atoms with Crippen LogP contribution in [0.3, 0.4) is 0 Å². The quantitative estimate of drug-likeness (QED) is 0.448. The summed E-state index contributed by atoms with van der Waals surface area (Å²) >= 11 is 0. The Hall–Kier alpha value is -3.68. The van der Waals surface area contributed by atoms with E-state index in [4.69, 9.17) is 5.11 Å². The van der Waals surface area contributed by atoms with Crippen molar-refractivity contribution < 1.29 is 14.7 Å². The number of hydrogen-bond donors (Lipinski definition) is 4. The molecule has 1 aliphatic rings. The third kappa shape index (κ3) is 5.14. The van der Waals surface area contributed by atoms with E-state index < -0.39 is 11.6 Å². The average molecular weight is 434 g/mol. The predicted molar refractivity (Wildman–Crippen MR) is 124 cm³/mol. The van der Waals surface area contributed by atoms with Crippen LogP contribution in [0.25, 0.3) is 22.0 Å². The summed E-state index contributed by atoms with van der Waals surface area (Å²) in [6.07, 6.45) is 2.78. The minimum absolute atomic E-state index is 0.0337. The molecule has 166 valence electrons. The lowest BCUT2D eigenvalue weighted by molar-refractivity contribution is 0.0951. The van der Waals surface area contributed by atoms with Gasteiger partial charge in [-0.15, -0.1) is 0 Å². The molecule has 0 unspecified atom stereocenters. The number of amides is 2. The van der Waals surface area contributed by atoms with Gasteiger partial charge in [0.25, 0.3) is 5.91 Å². The summed E-state index contributed by atoms with van der Waals surface area (Å²) < 4.78 is 0. The number of aromatic nitrogens is 2. The molecule has 0 bridgehead atoms. The van der Waals surface area contributed by atoms with E-state index in [0.717, 1.165) is 40.4 Å². The molecule has 1 fully saturated rings. The number of nitrogens with one attached hydrogen (secondary N) is 3. The van der Waals surface area contributed by atoms with E-state index in [1.54, 1.807) is 6.20 Å². The normalized spacial score (nSPS) is 13.6. The van der Waals surface area contributed by atoms with Crippen LogP contribution in [0.1, 0.15) is 42.6 Å². The third-order valence-electron chi connectivity index (χ3n) is 5.43. The van der Waals surface area contributed by atoms with Crippen LogP contribution in [0.5, 0.6) is 0 Å². The first-order chi connectivity index (χ1) is 15.2. The highest BCUT2D eigenvalue weighted by molar-refractivity contribution is 5.96. The molecule has 3 aromatic rings. The Morgan fingerprint density at radius 3 is 2.66 bits per heavy atom. The second-order valence-corrected chi connectivity index (χ2v) is 8.91. The highest BCUT2D eigenvalue weighted by Gasteiger charge is 2.24. The molecule has 4 N–H and O–H groups in total. The van der Waals surface area contributed by atoms with Crippen molar-refractivity contribution >= 4 is 28.9 Å². The Labute approximate surface area is 186 Å². The number of aryl methyl sites for hydroxylation is 1. The number of anilines is 1. The van der Waals surface area contributed by atoms with Crippen molar-refractivity contribution in [3.05, 3.63) is 53.7 Å². The number of rotatable bonds is 7. The molecule has 1 heterocycles. The van der Waals surface area contributed by atoms with Gasteiger partial charge in [-0.2, -0.15) is 0 Å². The summed E-state index contributed by atoms with van der Waals surface area (Å²) in [7, 11) is 0. The largest absolute Gasteiger partial charge is 0.465 e. The van der Waals surface area contributed by atoms with E-state index in [0.29, 0.717) is 17.6 Å². The molecule has 1 aliphatic carbocycles. The molecule has 0 aliphatic heterocycles. The van der Waals surface area contributed by atoms with Crippen molar-refractivity contribution in [2.75, 3.05) is 11.9 Å². The minimum Gasteiger partial charge on any atom is -0.465 e. The maximum Gasteiger partial charge on any atom is 0.404 e. The molecule has 0 saturated heterocycles. The van der Waals surface area contributed by atoms with Gasteiger partial charge in [-0.1, -0.05) is 12.1 Å². The minimum atomic E-state index is -1.07. The number of carbonyl (C=O) groups is 2. The van der Waals surface area contributed by atoms with Gasteiger partial charge in [-0.3, -0.25) is 4.79 Å². The van der Waals surface area contributed by atoms with Gasteiger partial charge in [-0.25, -0.2) is 14.8 Å². The molecule has 8 nitrogen and oxygen atoms in total. The first-order valence-corrected chi connectivity index (χ1v) is 10.6. The second-order valence-electron chi connectivity index (χ2n) is 8.91. The lowest BCUT2D eigenvalue weighted by Crippen LogP contribution is -2.44. The Kier molecular flexibility index (Phi) is 5.69. The zero-order chi connectivity index (χ0) is 22.9. The topological polar surface area (TPSA) is 116 Å². The van der Waals surface area contributed by atoms with Crippen LogP contribution in [-0.4, -0.2) is 45.2 Å². The first-order valence-electron chi connectivity index (χ1n) is 10.6. The Morgan fingerprint density at radius 2 is 1.94 bits per heavy atom. The lowest BCUT2D eigenvalue weighted by Gasteiger charge is -2.25. The lowest BCUT2D eigenvalue weighted by atomic mass is 9.97. The highest BCUT2D eigenvalue weighted by atomic mass is 16.4. The van der Waals surface area contributed by atoms with Gasteiger partial charge in [0.15, 0.2) is 0 Å². The SMILES string of the molecule is Cc1ccc(C(=O)NC2CC2)cc1-c1ccc2nc(NC(C)(C)CNC(=O)O)ncc2c1. The molecule has 8 heteroatoms. The van der Waals surface area contributed by atoms with Gasteiger partial charge in [-0.05, 0) is 74.6 Å². The smallest absolute Gasteiger partial charge is 0.404 e. The molecule has 4 rings (SSSR count). The van der Waals surface area contributed by atoms with Crippen molar-refractivity contribution in [3.8, 4) is 11.1 Å². The average Bonchev–Trinajstić information content (AvgIpc) is 3.56. The molecule has 0 atom stereocenters. The highest BCUT2D eigenvalue weighted by Crippen LogP contribution is 2.28. The van der Waals surface area contributed by atoms with Crippen LogP contribution in [0.15, 0.2) is 42.6 Å². The Bertz CT molecular complexity index is 1190. The summed E-state index contributed by atoms with van der Waals surface area (Å²) in [6, 6.07) is 12.0. The fraction of sp³-hybridized carbons (Fsp3) is 0.333. The van der Waals surface area contributed by atoms with Gasteiger partial charge >= 0.3 is 6.09 Å². The number of carboxylic acid groups (broad SMARTS) is 1. The summed E-state index contributed by atoms with van der Waals surface area (Å²) in [5.74, 6) is 0.394. The molecule has 0 radical (unpaired) electrons. The van der Waals surface area contributed by atoms with Gasteiger partial charge < -0.3 is 21.1 Å². The molecule has 2 aromatic carbocycles. The fourth-order valence-electron chi connectivity index (χ4n) is 3.48. The molecule has 1 saturated carbocycles. The van der Waals surface area contributed by atoms with Gasteiger partial charge in [0, 0.05) is 29.7 Å². The zero-order valence-corrected chi connectivity index (χ0v) is 18.4. The van der Waals surface area contributed by atoms with E-state index in [1.807, 2.05) is 57.2 Å². The van der Waals surface area contributed by atoms with E-state index in [1.165, 1.54) is 0 Å². The summed E-state index contributed by atoms with van der Waals surface area (Å²) in [5, 5.41) is 18.3. The van der Waals surface area contributed by atoms with Crippen LogP contribution in [0.2, 0.25) is 0 Å². The van der Waals surface area contributed by atoms with Crippen molar-refractivity contribution in [1.29, 1.82) is 0 Å². The Morgan fingerprint density at radius 1 is 1.16 bits per heavy atom. The monoisotopic (exact) mass is 433 g/mol. The van der Waals surface area contributed by atoms with Gasteiger partial charge in [0.05, 0.1) is 11.1 Å². The van der Waals surface area contributed by atoms with E-state index in [-0.39, 0.29) is 12.5 Å². The Balaban J connectivity index is 1.57. The predicted octanol–water partition coefficient (Wildman–Crippen LogP) is 3.96. The second kappa shape index (κ2) is 8.45. The fourth-order valence-corrected chi connectivity index (χ4v) is 3.48. The van der Waals surface area contributed by atoms with E-state index in [9.17, 15) is 9.59 Å². The number of nitrogens with zero attached hydrogens (tertiary/aromatic N) is 2. The number of hydrogen-bond acceptors (Lipinski definition) is 5. The maximum atomic E-state index is 12.5. The van der Waals surface area contributed by atoms with Gasteiger partial charge in [0.1, 0.15) is 0 Å². The first kappa shape index (κ1) is 21.5. The number of fused-ring (bicyclic) bond motifs is 1. The summed E-state index contributed by atoms with van der Waals surface area (Å²) in [4.78, 5) is 32.2. The van der Waals surface area contributed by atoms with Crippen molar-refractivity contribution in [2.24, 2.45) is 0 Å². The van der Waals surface area contributed by atoms with Crippen molar-refractivity contribution in [1.82, 2.24) is 20.6 Å². The molecule has 32 heavy (non-hydrogen) atoms. The van der Waals surface area contributed by atoms with Crippen LogP contribution < -0.4 is 16.0 Å². The van der Waals surface area contributed by atoms with Crippen LogP contribution in [0, 0.1) is 6.92 Å². The van der Waals surface area contributed by atoms with Crippen LogP contribution in [-0.2, 0) is 0 Å². The summed E-state index contributed by atoms with van der Waals surface area (Å²) in [5.41, 5.74) is 3.95. The molecule has 2 amide bonds. The van der Waals surface area contributed by atoms with Crippen LogP contribution in [0.4, 0.5) is 10.7 Å². The third-order valence-corrected chi connectivity index (χ3v) is 5.43. The molecular weight excluding hydrogens is 406 g/mol.